The lowest BCUT2D eigenvalue weighted by Crippen LogP contribution is -2.03. The molecule has 7 heteroatoms. The van der Waals surface area contributed by atoms with Crippen molar-refractivity contribution in [1.82, 2.24) is 0 Å². The first-order chi connectivity index (χ1) is 18.4. The number of benzene rings is 2. The summed E-state index contributed by atoms with van der Waals surface area (Å²) in [4.78, 5) is 34.7. The molecule has 2 aromatic carbocycles. The Labute approximate surface area is 226 Å². The molecule has 0 fully saturated rings. The van der Waals surface area contributed by atoms with E-state index in [1.54, 1.807) is 30.3 Å². The number of hydrogen-bond acceptors (Lipinski definition) is 5. The van der Waals surface area contributed by atoms with Crippen molar-refractivity contribution in [3.05, 3.63) is 85.5 Å². The largest absolute Gasteiger partial charge is 0.289 e. The molecule has 0 aliphatic heterocycles. The summed E-state index contributed by atoms with van der Waals surface area (Å²) in [5.74, 6) is -0.276. The van der Waals surface area contributed by atoms with Crippen LogP contribution >= 0.6 is 0 Å². The maximum Gasteiger partial charge on any atom is 0.280 e. The van der Waals surface area contributed by atoms with Crippen molar-refractivity contribution in [3.8, 4) is 0 Å². The van der Waals surface area contributed by atoms with Crippen LogP contribution in [0.5, 0.6) is 0 Å². The Morgan fingerprint density at radius 1 is 0.711 bits per heavy atom. The molecular weight excluding hydrogens is 480 g/mol. The molecule has 0 aliphatic carbocycles. The van der Waals surface area contributed by atoms with Gasteiger partial charge in [-0.2, -0.15) is 0 Å². The van der Waals surface area contributed by atoms with E-state index in [9.17, 15) is 25.0 Å². The van der Waals surface area contributed by atoms with E-state index in [2.05, 4.69) is 6.92 Å². The molecule has 206 valence electrons. The van der Waals surface area contributed by atoms with Gasteiger partial charge in [-0.05, 0) is 24.5 Å². The minimum absolute atomic E-state index is 0.158. The number of unbranched alkanes of at least 4 members (excludes halogenated alkanes) is 13. The van der Waals surface area contributed by atoms with Gasteiger partial charge in [0.25, 0.3) is 11.4 Å². The van der Waals surface area contributed by atoms with E-state index in [1.165, 1.54) is 88.5 Å². The van der Waals surface area contributed by atoms with Gasteiger partial charge in [0, 0.05) is 17.7 Å². The van der Waals surface area contributed by atoms with Gasteiger partial charge in [-0.25, -0.2) is 0 Å². The van der Waals surface area contributed by atoms with Gasteiger partial charge < -0.3 is 0 Å². The molecule has 0 spiro atoms. The third kappa shape index (κ3) is 11.4. The van der Waals surface area contributed by atoms with Crippen LogP contribution in [0.1, 0.15) is 118 Å². The molecule has 0 unspecified atom stereocenters. The molecule has 0 bridgehead atoms. The molecule has 0 atom stereocenters. The zero-order valence-electron chi connectivity index (χ0n) is 22.7. The second-order valence-electron chi connectivity index (χ2n) is 9.96. The minimum atomic E-state index is -0.567. The SMILES string of the molecule is CCCCCCCCCCCCCCCCc1c([N+](=O)[O-])cc(C=CC(=O)c2ccccc2)cc1[N+](=O)[O-]. The average molecular weight is 523 g/mol. The van der Waals surface area contributed by atoms with Crippen molar-refractivity contribution in [2.24, 2.45) is 0 Å². The number of carbonyl (C=O) groups excluding carboxylic acids is 1. The van der Waals surface area contributed by atoms with Gasteiger partial charge in [0.15, 0.2) is 5.78 Å². The van der Waals surface area contributed by atoms with E-state index in [4.69, 9.17) is 0 Å². The number of carbonyl (C=O) groups is 1. The molecule has 0 aliphatic rings. The smallest absolute Gasteiger partial charge is 0.280 e. The molecule has 7 nitrogen and oxygen atoms in total. The average Bonchev–Trinajstić information content (AvgIpc) is 2.92. The van der Waals surface area contributed by atoms with Crippen LogP contribution in [-0.4, -0.2) is 15.6 Å². The summed E-state index contributed by atoms with van der Waals surface area (Å²) in [6, 6.07) is 11.2. The Hall–Kier alpha value is -3.35. The first-order valence-electron chi connectivity index (χ1n) is 14.2. The van der Waals surface area contributed by atoms with E-state index in [-0.39, 0.29) is 34.7 Å². The van der Waals surface area contributed by atoms with Gasteiger partial charge in [-0.15, -0.1) is 0 Å². The molecular formula is C31H42N2O5. The van der Waals surface area contributed by atoms with E-state index >= 15 is 0 Å². The predicted octanol–water partition coefficient (Wildman–Crippen LogP) is 9.42. The van der Waals surface area contributed by atoms with Gasteiger partial charge >= 0.3 is 0 Å². The number of allylic oxidation sites excluding steroid dienone is 1. The summed E-state index contributed by atoms with van der Waals surface area (Å²) >= 11 is 0. The number of rotatable bonds is 20. The quantitative estimate of drug-likeness (QED) is 0.0566. The fraction of sp³-hybridized carbons (Fsp3) is 0.516. The van der Waals surface area contributed by atoms with Crippen molar-refractivity contribution in [3.63, 3.8) is 0 Å². The van der Waals surface area contributed by atoms with Crippen LogP contribution in [0.4, 0.5) is 11.4 Å². The molecule has 2 rings (SSSR count). The Morgan fingerprint density at radius 3 is 1.61 bits per heavy atom. The molecule has 0 N–H and O–H groups in total. The van der Waals surface area contributed by atoms with Crippen LogP contribution in [0.3, 0.4) is 0 Å². The summed E-state index contributed by atoms with van der Waals surface area (Å²) in [5, 5.41) is 23.5. The molecule has 2 aromatic rings. The summed E-state index contributed by atoms with van der Waals surface area (Å²) < 4.78 is 0. The van der Waals surface area contributed by atoms with Crippen LogP contribution in [0.2, 0.25) is 0 Å². The highest BCUT2D eigenvalue weighted by Crippen LogP contribution is 2.32. The third-order valence-corrected chi connectivity index (χ3v) is 6.88. The van der Waals surface area contributed by atoms with Crippen molar-refractivity contribution in [2.75, 3.05) is 0 Å². The van der Waals surface area contributed by atoms with E-state index < -0.39 is 9.85 Å². The minimum Gasteiger partial charge on any atom is -0.289 e. The van der Waals surface area contributed by atoms with Crippen LogP contribution in [0.25, 0.3) is 6.08 Å². The lowest BCUT2D eigenvalue weighted by Gasteiger charge is -2.07. The number of hydrogen-bond donors (Lipinski definition) is 0. The van der Waals surface area contributed by atoms with Crippen molar-refractivity contribution < 1.29 is 14.6 Å². The predicted molar refractivity (Wildman–Crippen MR) is 154 cm³/mol. The first kappa shape index (κ1) is 30.9. The van der Waals surface area contributed by atoms with Gasteiger partial charge in [0.1, 0.15) is 5.56 Å². The number of nitrogens with zero attached hydrogens (tertiary/aromatic N) is 2. The van der Waals surface area contributed by atoms with Crippen LogP contribution in [-0.2, 0) is 6.42 Å². The third-order valence-electron chi connectivity index (χ3n) is 6.88. The van der Waals surface area contributed by atoms with E-state index in [0.717, 1.165) is 19.3 Å². The van der Waals surface area contributed by atoms with Crippen molar-refractivity contribution >= 4 is 23.2 Å². The molecule has 0 radical (unpaired) electrons. The highest BCUT2D eigenvalue weighted by atomic mass is 16.6. The van der Waals surface area contributed by atoms with Crippen LogP contribution in [0.15, 0.2) is 48.5 Å². The second kappa shape index (κ2) is 18.0. The van der Waals surface area contributed by atoms with Gasteiger partial charge in [0.05, 0.1) is 9.85 Å². The van der Waals surface area contributed by atoms with Crippen LogP contribution < -0.4 is 0 Å². The highest BCUT2D eigenvalue weighted by Gasteiger charge is 2.25. The molecule has 0 saturated heterocycles. The summed E-state index contributed by atoms with van der Waals surface area (Å²) in [5.41, 5.74) is 0.367. The van der Waals surface area contributed by atoms with E-state index in [0.29, 0.717) is 12.0 Å². The highest BCUT2D eigenvalue weighted by molar-refractivity contribution is 6.06. The molecule has 38 heavy (non-hydrogen) atoms. The Kier molecular flexibility index (Phi) is 14.6. The number of ketones is 1. The molecule has 0 heterocycles. The zero-order chi connectivity index (χ0) is 27.6. The maximum absolute atomic E-state index is 12.3. The number of nitro groups is 2. The van der Waals surface area contributed by atoms with E-state index in [1.807, 2.05) is 0 Å². The fourth-order valence-corrected chi connectivity index (χ4v) is 4.71. The molecule has 0 amide bonds. The molecule has 0 saturated carbocycles. The summed E-state index contributed by atoms with van der Waals surface area (Å²) in [6.45, 7) is 2.24. The standard InChI is InChI=1S/C31H42N2O5/c1-2-3-4-5-6-7-8-9-10-11-12-13-14-18-21-28-29(32(35)36)24-26(25-30(28)33(37)38)22-23-31(34)27-19-16-15-17-20-27/h15-17,19-20,22-25H,2-14,18,21H2,1H3. The lowest BCUT2D eigenvalue weighted by atomic mass is 9.99. The van der Waals surface area contributed by atoms with Gasteiger partial charge in [-0.1, -0.05) is 127 Å². The summed E-state index contributed by atoms with van der Waals surface area (Å²) in [6.07, 6.45) is 19.7. The Morgan fingerprint density at radius 2 is 1.16 bits per heavy atom. The van der Waals surface area contributed by atoms with Crippen molar-refractivity contribution in [1.29, 1.82) is 0 Å². The topological polar surface area (TPSA) is 103 Å². The monoisotopic (exact) mass is 522 g/mol. The first-order valence-corrected chi connectivity index (χ1v) is 14.2. The summed E-state index contributed by atoms with van der Waals surface area (Å²) in [7, 11) is 0. The molecule has 0 aromatic heterocycles. The normalized spacial score (nSPS) is 11.2. The Balaban J connectivity index is 1.83. The van der Waals surface area contributed by atoms with Crippen molar-refractivity contribution in [2.45, 2.75) is 103 Å². The fourth-order valence-electron chi connectivity index (χ4n) is 4.71. The van der Waals surface area contributed by atoms with Gasteiger partial charge in [-0.3, -0.25) is 25.0 Å². The lowest BCUT2D eigenvalue weighted by molar-refractivity contribution is -0.395. The second-order valence-corrected chi connectivity index (χ2v) is 9.96. The maximum atomic E-state index is 12.3. The number of nitro benzene ring substituents is 2. The van der Waals surface area contributed by atoms with Crippen LogP contribution in [0, 0.1) is 20.2 Å². The van der Waals surface area contributed by atoms with Gasteiger partial charge in [0.2, 0.25) is 0 Å². The zero-order valence-corrected chi connectivity index (χ0v) is 22.7. The Bertz CT molecular complexity index is 1010.